The predicted octanol–water partition coefficient (Wildman–Crippen LogP) is 2.88. The summed E-state index contributed by atoms with van der Waals surface area (Å²) in [6, 6.07) is 13.5. The van der Waals surface area contributed by atoms with E-state index in [1.165, 1.54) is 10.7 Å². The van der Waals surface area contributed by atoms with Gasteiger partial charge in [-0.3, -0.25) is 0 Å². The van der Waals surface area contributed by atoms with Crippen molar-refractivity contribution in [1.82, 2.24) is 19.9 Å². The average Bonchev–Trinajstić information content (AvgIpc) is 3.32. The first-order valence-corrected chi connectivity index (χ1v) is 10.6. The molecule has 4 aromatic rings. The van der Waals surface area contributed by atoms with Crippen molar-refractivity contribution in [3.05, 3.63) is 65.6 Å². The number of rotatable bonds is 3. The minimum Gasteiger partial charge on any atom is -0.476 e. The molecule has 0 spiro atoms. The Morgan fingerprint density at radius 3 is 2.70 bits per heavy atom. The van der Waals surface area contributed by atoms with E-state index in [2.05, 4.69) is 15.2 Å². The quantitative estimate of drug-likeness (QED) is 0.534. The number of aromatic nitrogens is 4. The summed E-state index contributed by atoms with van der Waals surface area (Å²) >= 11 is 0. The third-order valence-electron chi connectivity index (χ3n) is 4.86. The van der Waals surface area contributed by atoms with E-state index >= 15 is 0 Å². The highest BCUT2D eigenvalue weighted by atomic mass is 32.2. The number of nitrogens with zero attached hydrogens (tertiary/aromatic N) is 4. The molecule has 30 heavy (non-hydrogen) atoms. The van der Waals surface area contributed by atoms with Gasteiger partial charge in [0.25, 0.3) is 5.89 Å². The fraction of sp³-hybridized carbons (Fsp3) is 0.100. The van der Waals surface area contributed by atoms with Crippen molar-refractivity contribution < 1.29 is 22.8 Å². The molecule has 1 aliphatic rings. The maximum absolute atomic E-state index is 12.7. The second-order valence-electron chi connectivity index (χ2n) is 6.85. The normalized spacial score (nSPS) is 14.2. The molecule has 10 heteroatoms. The summed E-state index contributed by atoms with van der Waals surface area (Å²) in [6.07, 6.45) is 0. The molecule has 0 saturated heterocycles. The molecule has 0 atom stereocenters. The van der Waals surface area contributed by atoms with E-state index in [0.29, 0.717) is 34.2 Å². The lowest BCUT2D eigenvalue weighted by molar-refractivity contribution is 0.0689. The van der Waals surface area contributed by atoms with E-state index in [1.54, 1.807) is 49.4 Å². The number of hydrogen-bond donors (Lipinski definition) is 1. The Balaban J connectivity index is 1.78. The summed E-state index contributed by atoms with van der Waals surface area (Å²) in [5.74, 6) is -0.914. The smallest absolute Gasteiger partial charge is 0.356 e. The molecule has 2 aromatic carbocycles. The van der Waals surface area contributed by atoms with Crippen molar-refractivity contribution in [3.8, 4) is 28.4 Å². The van der Waals surface area contributed by atoms with E-state index in [4.69, 9.17) is 4.52 Å². The number of carbonyl (C=O) groups is 1. The van der Waals surface area contributed by atoms with Gasteiger partial charge in [0.1, 0.15) is 0 Å². The molecule has 150 valence electrons. The van der Waals surface area contributed by atoms with Crippen molar-refractivity contribution in [2.24, 2.45) is 0 Å². The second kappa shape index (κ2) is 6.36. The molecule has 5 rings (SSSR count). The van der Waals surface area contributed by atoms with Crippen molar-refractivity contribution in [2.45, 2.75) is 17.6 Å². The molecular weight excluding hydrogens is 408 g/mol. The molecule has 0 unspecified atom stereocenters. The maximum atomic E-state index is 12.7. The minimum absolute atomic E-state index is 0.152. The van der Waals surface area contributed by atoms with Gasteiger partial charge in [-0.25, -0.2) is 17.9 Å². The lowest BCUT2D eigenvalue weighted by Crippen LogP contribution is -2.15. The summed E-state index contributed by atoms with van der Waals surface area (Å²) in [5.41, 5.74) is 1.91. The maximum Gasteiger partial charge on any atom is 0.356 e. The van der Waals surface area contributed by atoms with Crippen LogP contribution in [0.15, 0.2) is 57.9 Å². The van der Waals surface area contributed by atoms with Crippen LogP contribution in [0.25, 0.3) is 28.4 Å². The Morgan fingerprint density at radius 2 is 1.97 bits per heavy atom. The minimum atomic E-state index is -3.68. The van der Waals surface area contributed by atoms with Crippen LogP contribution in [0.3, 0.4) is 0 Å². The van der Waals surface area contributed by atoms with E-state index in [-0.39, 0.29) is 16.2 Å². The fourth-order valence-corrected chi connectivity index (χ4v) is 5.20. The van der Waals surface area contributed by atoms with Crippen LogP contribution in [0.4, 0.5) is 0 Å². The van der Waals surface area contributed by atoms with Gasteiger partial charge >= 0.3 is 5.97 Å². The molecule has 0 bridgehead atoms. The zero-order valence-corrected chi connectivity index (χ0v) is 16.4. The molecule has 0 saturated carbocycles. The number of carboxylic acid groups (broad SMARTS) is 1. The van der Waals surface area contributed by atoms with Crippen LogP contribution >= 0.6 is 0 Å². The molecule has 2 aromatic heterocycles. The van der Waals surface area contributed by atoms with Crippen molar-refractivity contribution in [1.29, 1.82) is 0 Å². The van der Waals surface area contributed by atoms with E-state index in [0.717, 1.165) is 0 Å². The van der Waals surface area contributed by atoms with Crippen LogP contribution in [-0.2, 0) is 15.6 Å². The molecule has 9 nitrogen and oxygen atoms in total. The van der Waals surface area contributed by atoms with Crippen LogP contribution in [0, 0.1) is 6.92 Å². The number of aryl methyl sites for hydroxylation is 1. The fourth-order valence-electron chi connectivity index (χ4n) is 3.61. The van der Waals surface area contributed by atoms with Gasteiger partial charge in [-0.2, -0.15) is 10.1 Å². The van der Waals surface area contributed by atoms with Gasteiger partial charge in [0, 0.05) is 16.7 Å². The number of aromatic carboxylic acids is 1. The Bertz CT molecular complexity index is 1440. The number of benzene rings is 2. The SMILES string of the molecule is Cc1noc(-c2cccc(-n3nc(C(=O)O)c4c3-c3ccccc3S(=O)(=O)C4)c2)n1. The Morgan fingerprint density at radius 1 is 1.17 bits per heavy atom. The standard InChI is InChI=1S/C20H14N4O5S/c1-11-21-19(29-23-11)12-5-4-6-13(9-12)24-18-14-7-2-3-8-16(14)30(27,28)10-15(18)17(22-24)20(25)26/h2-9H,10H2,1H3,(H,25,26). The first-order valence-electron chi connectivity index (χ1n) is 8.93. The number of sulfone groups is 1. The first-order chi connectivity index (χ1) is 14.3. The summed E-state index contributed by atoms with van der Waals surface area (Å²) < 4.78 is 32.2. The summed E-state index contributed by atoms with van der Waals surface area (Å²) in [7, 11) is -3.68. The van der Waals surface area contributed by atoms with Gasteiger partial charge in [-0.15, -0.1) is 0 Å². The van der Waals surface area contributed by atoms with Crippen LogP contribution < -0.4 is 0 Å². The lowest BCUT2D eigenvalue weighted by atomic mass is 10.1. The second-order valence-corrected chi connectivity index (χ2v) is 8.80. The Hall–Kier alpha value is -3.79. The molecule has 1 N–H and O–H groups in total. The molecule has 0 amide bonds. The third kappa shape index (κ3) is 2.72. The monoisotopic (exact) mass is 422 g/mol. The van der Waals surface area contributed by atoms with Crippen molar-refractivity contribution in [3.63, 3.8) is 0 Å². The number of hydrogen-bond acceptors (Lipinski definition) is 7. The summed E-state index contributed by atoms with van der Waals surface area (Å²) in [5, 5.41) is 17.7. The average molecular weight is 422 g/mol. The number of carboxylic acids is 1. The molecule has 3 heterocycles. The van der Waals surface area contributed by atoms with Crippen molar-refractivity contribution >= 4 is 15.8 Å². The van der Waals surface area contributed by atoms with Gasteiger partial charge in [0.05, 0.1) is 22.0 Å². The van der Waals surface area contributed by atoms with E-state index in [1.807, 2.05) is 0 Å². The van der Waals surface area contributed by atoms with Gasteiger partial charge in [-0.05, 0) is 31.2 Å². The van der Waals surface area contributed by atoms with Gasteiger partial charge < -0.3 is 9.63 Å². The number of fused-ring (bicyclic) bond motifs is 3. The van der Waals surface area contributed by atoms with Crippen LogP contribution in [0.5, 0.6) is 0 Å². The van der Waals surface area contributed by atoms with E-state index in [9.17, 15) is 18.3 Å². The summed E-state index contributed by atoms with van der Waals surface area (Å²) in [4.78, 5) is 16.2. The van der Waals surface area contributed by atoms with Gasteiger partial charge in [0.15, 0.2) is 21.4 Å². The predicted molar refractivity (Wildman–Crippen MR) is 105 cm³/mol. The van der Waals surface area contributed by atoms with Crippen molar-refractivity contribution in [2.75, 3.05) is 0 Å². The molecular formula is C20H14N4O5S. The molecule has 0 aliphatic carbocycles. The lowest BCUT2D eigenvalue weighted by Gasteiger charge is -2.19. The Kier molecular flexibility index (Phi) is 3.87. The molecule has 0 fully saturated rings. The highest BCUT2D eigenvalue weighted by molar-refractivity contribution is 7.90. The van der Waals surface area contributed by atoms with E-state index < -0.39 is 21.6 Å². The Labute approximate surface area is 170 Å². The van der Waals surface area contributed by atoms with Crippen LogP contribution in [0.1, 0.15) is 21.9 Å². The zero-order valence-electron chi connectivity index (χ0n) is 15.6. The zero-order chi connectivity index (χ0) is 21.0. The summed E-state index contributed by atoms with van der Waals surface area (Å²) in [6.45, 7) is 1.71. The molecule has 0 radical (unpaired) electrons. The third-order valence-corrected chi connectivity index (χ3v) is 6.56. The first kappa shape index (κ1) is 18.3. The van der Waals surface area contributed by atoms with Crippen LogP contribution in [-0.4, -0.2) is 39.4 Å². The largest absolute Gasteiger partial charge is 0.476 e. The molecule has 1 aliphatic heterocycles. The van der Waals surface area contributed by atoms with Gasteiger partial charge in [-0.1, -0.05) is 29.4 Å². The highest BCUT2D eigenvalue weighted by Crippen LogP contribution is 2.40. The topological polar surface area (TPSA) is 128 Å². The van der Waals surface area contributed by atoms with Gasteiger partial charge in [0.2, 0.25) is 0 Å². The highest BCUT2D eigenvalue weighted by Gasteiger charge is 2.35. The van der Waals surface area contributed by atoms with Crippen LogP contribution in [0.2, 0.25) is 0 Å².